The standard InChI is InChI=1S/C13H12N2O5/c1-20-12(17)9-4-2-5-10(15(18)19)11(9)13(14-8-16)6-3-7-13/h2,4-5H,3,6-7H2,1H3. The number of nitro groups is 1. The molecule has 0 heterocycles. The van der Waals surface area contributed by atoms with Gasteiger partial charge < -0.3 is 4.74 Å². The molecular weight excluding hydrogens is 264 g/mol. The molecule has 0 saturated heterocycles. The van der Waals surface area contributed by atoms with Crippen LogP contribution in [0.2, 0.25) is 0 Å². The second-order valence-electron chi connectivity index (χ2n) is 4.54. The van der Waals surface area contributed by atoms with E-state index in [0.717, 1.165) is 6.42 Å². The molecule has 7 heteroatoms. The topological polar surface area (TPSA) is 98.9 Å². The van der Waals surface area contributed by atoms with Gasteiger partial charge >= 0.3 is 5.97 Å². The Balaban J connectivity index is 2.73. The lowest BCUT2D eigenvalue weighted by molar-refractivity contribution is -0.386. The molecule has 0 unspecified atom stereocenters. The summed E-state index contributed by atoms with van der Waals surface area (Å²) >= 11 is 0. The molecule has 1 aliphatic rings. The first-order valence-corrected chi connectivity index (χ1v) is 6.01. The van der Waals surface area contributed by atoms with Crippen LogP contribution in [0, 0.1) is 10.1 Å². The zero-order chi connectivity index (χ0) is 14.8. The summed E-state index contributed by atoms with van der Waals surface area (Å²) in [5.74, 6) is -0.684. The average Bonchev–Trinajstić information content (AvgIpc) is 2.41. The number of methoxy groups -OCH3 is 1. The molecule has 0 aromatic heterocycles. The lowest BCUT2D eigenvalue weighted by atomic mass is 9.70. The number of esters is 1. The van der Waals surface area contributed by atoms with Gasteiger partial charge in [-0.25, -0.2) is 9.59 Å². The minimum atomic E-state index is -1.03. The van der Waals surface area contributed by atoms with Crippen molar-refractivity contribution in [3.05, 3.63) is 39.4 Å². The number of carbonyl (C=O) groups is 1. The number of aliphatic imine (C=N–C) groups is 1. The summed E-state index contributed by atoms with van der Waals surface area (Å²) in [5, 5.41) is 11.2. The maximum atomic E-state index is 11.8. The summed E-state index contributed by atoms with van der Waals surface area (Å²) in [5.41, 5.74) is -1.05. The van der Waals surface area contributed by atoms with E-state index in [1.165, 1.54) is 31.4 Å². The maximum absolute atomic E-state index is 11.8. The molecule has 104 valence electrons. The zero-order valence-corrected chi connectivity index (χ0v) is 10.8. The minimum absolute atomic E-state index is 0.0698. The molecular formula is C13H12N2O5. The van der Waals surface area contributed by atoms with Gasteiger partial charge in [0, 0.05) is 6.07 Å². The fourth-order valence-corrected chi connectivity index (χ4v) is 2.48. The van der Waals surface area contributed by atoms with E-state index in [2.05, 4.69) is 9.73 Å². The molecule has 0 aliphatic heterocycles. The number of isocyanates is 1. The number of benzene rings is 1. The number of nitrogens with zero attached hydrogens (tertiary/aromatic N) is 2. The Hall–Kier alpha value is -2.53. The first kappa shape index (κ1) is 13.9. The van der Waals surface area contributed by atoms with Crippen LogP contribution in [0.5, 0.6) is 0 Å². The second kappa shape index (κ2) is 5.22. The molecule has 1 saturated carbocycles. The molecule has 20 heavy (non-hydrogen) atoms. The summed E-state index contributed by atoms with van der Waals surface area (Å²) in [4.78, 5) is 36.8. The van der Waals surface area contributed by atoms with Gasteiger partial charge in [-0.05, 0) is 25.3 Å². The van der Waals surface area contributed by atoms with E-state index in [1.807, 2.05) is 0 Å². The molecule has 0 radical (unpaired) electrons. The van der Waals surface area contributed by atoms with Crippen molar-refractivity contribution in [3.8, 4) is 0 Å². The van der Waals surface area contributed by atoms with Crippen molar-refractivity contribution in [3.63, 3.8) is 0 Å². The third-order valence-electron chi connectivity index (χ3n) is 3.55. The summed E-state index contributed by atoms with van der Waals surface area (Å²) in [7, 11) is 1.20. The Kier molecular flexibility index (Phi) is 3.63. The van der Waals surface area contributed by atoms with Crippen LogP contribution in [0.4, 0.5) is 5.69 Å². The lowest BCUT2D eigenvalue weighted by Crippen LogP contribution is -2.34. The third kappa shape index (κ3) is 2.08. The van der Waals surface area contributed by atoms with Crippen LogP contribution in [0.25, 0.3) is 0 Å². The summed E-state index contributed by atoms with van der Waals surface area (Å²) in [6.45, 7) is 0. The Morgan fingerprint density at radius 1 is 1.50 bits per heavy atom. The second-order valence-corrected chi connectivity index (χ2v) is 4.54. The predicted molar refractivity (Wildman–Crippen MR) is 68.1 cm³/mol. The zero-order valence-electron chi connectivity index (χ0n) is 10.8. The van der Waals surface area contributed by atoms with Crippen molar-refractivity contribution in [2.24, 2.45) is 4.99 Å². The number of nitro benzene ring substituents is 1. The first-order chi connectivity index (χ1) is 9.55. The molecule has 1 aromatic carbocycles. The smallest absolute Gasteiger partial charge is 0.338 e. The first-order valence-electron chi connectivity index (χ1n) is 6.01. The monoisotopic (exact) mass is 276 g/mol. The molecule has 1 fully saturated rings. The molecule has 7 nitrogen and oxygen atoms in total. The van der Waals surface area contributed by atoms with E-state index in [4.69, 9.17) is 0 Å². The van der Waals surface area contributed by atoms with E-state index in [-0.39, 0.29) is 16.8 Å². The maximum Gasteiger partial charge on any atom is 0.338 e. The van der Waals surface area contributed by atoms with Crippen molar-refractivity contribution >= 4 is 17.7 Å². The Labute approximate surface area is 114 Å². The van der Waals surface area contributed by atoms with Gasteiger partial charge in [0.1, 0.15) is 5.54 Å². The van der Waals surface area contributed by atoms with E-state index in [9.17, 15) is 19.7 Å². The van der Waals surface area contributed by atoms with Crippen molar-refractivity contribution < 1.29 is 19.2 Å². The van der Waals surface area contributed by atoms with Crippen LogP contribution < -0.4 is 0 Å². The molecule has 0 N–H and O–H groups in total. The minimum Gasteiger partial charge on any atom is -0.465 e. The summed E-state index contributed by atoms with van der Waals surface area (Å²) in [6.07, 6.45) is 3.17. The van der Waals surface area contributed by atoms with Gasteiger partial charge in [-0.3, -0.25) is 10.1 Å². The van der Waals surface area contributed by atoms with Gasteiger partial charge in [0.2, 0.25) is 6.08 Å². The number of hydrogen-bond acceptors (Lipinski definition) is 6. The van der Waals surface area contributed by atoms with Gasteiger partial charge in [0.25, 0.3) is 5.69 Å². The lowest BCUT2D eigenvalue weighted by Gasteiger charge is -2.37. The van der Waals surface area contributed by atoms with Gasteiger partial charge in [-0.1, -0.05) is 6.07 Å². The quantitative estimate of drug-likeness (QED) is 0.275. The van der Waals surface area contributed by atoms with Crippen LogP contribution in [-0.2, 0) is 15.1 Å². The van der Waals surface area contributed by atoms with Gasteiger partial charge in [-0.2, -0.15) is 4.99 Å². The normalized spacial score (nSPS) is 15.7. The number of ether oxygens (including phenoxy) is 1. The number of hydrogen-bond donors (Lipinski definition) is 0. The Bertz CT molecular complexity index is 615. The SMILES string of the molecule is COC(=O)c1cccc([N+](=O)[O-])c1C1(N=C=O)CCC1. The summed E-state index contributed by atoms with van der Waals surface area (Å²) in [6, 6.07) is 4.14. The van der Waals surface area contributed by atoms with Crippen LogP contribution >= 0.6 is 0 Å². The van der Waals surface area contributed by atoms with E-state index in [1.54, 1.807) is 0 Å². The fraction of sp³-hybridized carbons (Fsp3) is 0.385. The molecule has 0 spiro atoms. The van der Waals surface area contributed by atoms with Gasteiger partial charge in [0.15, 0.2) is 0 Å². The van der Waals surface area contributed by atoms with E-state index < -0.39 is 16.4 Å². The van der Waals surface area contributed by atoms with Crippen molar-refractivity contribution in [2.75, 3.05) is 7.11 Å². The van der Waals surface area contributed by atoms with Crippen LogP contribution in [0.1, 0.15) is 35.2 Å². The van der Waals surface area contributed by atoms with Gasteiger partial charge in [0.05, 0.1) is 23.2 Å². The molecule has 1 aromatic rings. The fourth-order valence-electron chi connectivity index (χ4n) is 2.48. The molecule has 0 bridgehead atoms. The van der Waals surface area contributed by atoms with Crippen molar-refractivity contribution in [1.82, 2.24) is 0 Å². The van der Waals surface area contributed by atoms with E-state index in [0.29, 0.717) is 12.8 Å². The third-order valence-corrected chi connectivity index (χ3v) is 3.55. The number of rotatable bonds is 4. The van der Waals surface area contributed by atoms with Crippen molar-refractivity contribution in [2.45, 2.75) is 24.8 Å². The van der Waals surface area contributed by atoms with Crippen LogP contribution in [0.3, 0.4) is 0 Å². The van der Waals surface area contributed by atoms with Gasteiger partial charge in [-0.15, -0.1) is 0 Å². The highest BCUT2D eigenvalue weighted by Crippen LogP contribution is 2.49. The van der Waals surface area contributed by atoms with Crippen LogP contribution in [0.15, 0.2) is 23.2 Å². The van der Waals surface area contributed by atoms with E-state index >= 15 is 0 Å². The van der Waals surface area contributed by atoms with Crippen LogP contribution in [-0.4, -0.2) is 24.1 Å². The molecule has 1 aliphatic carbocycles. The Morgan fingerprint density at radius 2 is 2.20 bits per heavy atom. The summed E-state index contributed by atoms with van der Waals surface area (Å²) < 4.78 is 4.65. The molecule has 2 rings (SSSR count). The highest BCUT2D eigenvalue weighted by molar-refractivity contribution is 5.93. The Morgan fingerprint density at radius 3 is 2.65 bits per heavy atom. The molecule has 0 atom stereocenters. The highest BCUT2D eigenvalue weighted by atomic mass is 16.6. The average molecular weight is 276 g/mol. The number of carbonyl (C=O) groups excluding carboxylic acids is 2. The van der Waals surface area contributed by atoms with Crippen molar-refractivity contribution in [1.29, 1.82) is 0 Å². The highest BCUT2D eigenvalue weighted by Gasteiger charge is 2.46. The molecule has 0 amide bonds. The largest absolute Gasteiger partial charge is 0.465 e. The predicted octanol–water partition coefficient (Wildman–Crippen LogP) is 2.10.